The molecule has 2 unspecified atom stereocenters. The highest BCUT2D eigenvalue weighted by Gasteiger charge is 2.31. The molecule has 0 aromatic carbocycles. The fourth-order valence-electron chi connectivity index (χ4n) is 2.73. The second-order valence-electron chi connectivity index (χ2n) is 6.63. The molecule has 1 fully saturated rings. The SMILES string of the molecule is CC(C)NC(=O)CC(CN)NC1CCC(C)(C)C1. The van der Waals surface area contributed by atoms with Gasteiger partial charge in [0.2, 0.25) is 5.91 Å². The first kappa shape index (κ1) is 15.4. The molecule has 1 amide bonds. The first-order valence-electron chi connectivity index (χ1n) is 7.08. The van der Waals surface area contributed by atoms with Crippen molar-refractivity contribution in [1.82, 2.24) is 10.6 Å². The zero-order valence-corrected chi connectivity index (χ0v) is 12.3. The van der Waals surface area contributed by atoms with E-state index in [2.05, 4.69) is 24.5 Å². The maximum Gasteiger partial charge on any atom is 0.221 e. The van der Waals surface area contributed by atoms with Crippen LogP contribution in [-0.2, 0) is 4.79 Å². The molecular formula is C14H29N3O. The van der Waals surface area contributed by atoms with E-state index in [1.165, 1.54) is 19.3 Å². The third kappa shape index (κ3) is 5.36. The average molecular weight is 255 g/mol. The van der Waals surface area contributed by atoms with Crippen LogP contribution >= 0.6 is 0 Å². The van der Waals surface area contributed by atoms with Gasteiger partial charge in [-0.25, -0.2) is 0 Å². The van der Waals surface area contributed by atoms with Gasteiger partial charge >= 0.3 is 0 Å². The molecule has 0 spiro atoms. The van der Waals surface area contributed by atoms with E-state index in [1.807, 2.05) is 13.8 Å². The molecule has 0 radical (unpaired) electrons. The molecule has 4 heteroatoms. The van der Waals surface area contributed by atoms with Crippen molar-refractivity contribution in [3.05, 3.63) is 0 Å². The fourth-order valence-corrected chi connectivity index (χ4v) is 2.73. The van der Waals surface area contributed by atoms with Gasteiger partial charge in [0.05, 0.1) is 0 Å². The first-order valence-corrected chi connectivity index (χ1v) is 7.08. The quantitative estimate of drug-likeness (QED) is 0.672. The summed E-state index contributed by atoms with van der Waals surface area (Å²) in [7, 11) is 0. The normalized spacial score (nSPS) is 24.2. The Morgan fingerprint density at radius 3 is 2.56 bits per heavy atom. The van der Waals surface area contributed by atoms with Crippen molar-refractivity contribution in [3.8, 4) is 0 Å². The van der Waals surface area contributed by atoms with Crippen LogP contribution in [0.4, 0.5) is 0 Å². The highest BCUT2D eigenvalue weighted by molar-refractivity contribution is 5.76. The molecule has 0 heterocycles. The van der Waals surface area contributed by atoms with E-state index < -0.39 is 0 Å². The molecule has 1 rings (SSSR count). The Labute approximate surface area is 111 Å². The van der Waals surface area contributed by atoms with Crippen molar-refractivity contribution in [2.75, 3.05) is 6.54 Å². The molecular weight excluding hydrogens is 226 g/mol. The lowest BCUT2D eigenvalue weighted by Gasteiger charge is -2.23. The van der Waals surface area contributed by atoms with Gasteiger partial charge in [0, 0.05) is 31.1 Å². The molecule has 0 aromatic rings. The number of nitrogens with one attached hydrogen (secondary N) is 2. The van der Waals surface area contributed by atoms with Crippen LogP contribution in [0.1, 0.15) is 53.4 Å². The lowest BCUT2D eigenvalue weighted by Crippen LogP contribution is -2.45. The Balaban J connectivity index is 2.36. The second kappa shape index (κ2) is 6.53. The van der Waals surface area contributed by atoms with Crippen LogP contribution in [0.5, 0.6) is 0 Å². The Morgan fingerprint density at radius 1 is 1.44 bits per heavy atom. The minimum atomic E-state index is 0.0882. The molecule has 2 atom stereocenters. The molecule has 0 aromatic heterocycles. The number of hydrogen-bond acceptors (Lipinski definition) is 3. The third-order valence-electron chi connectivity index (χ3n) is 3.61. The highest BCUT2D eigenvalue weighted by Crippen LogP contribution is 2.37. The molecule has 0 aliphatic heterocycles. The van der Waals surface area contributed by atoms with Crippen LogP contribution in [0, 0.1) is 5.41 Å². The zero-order valence-electron chi connectivity index (χ0n) is 12.3. The number of carbonyl (C=O) groups excluding carboxylic acids is 1. The van der Waals surface area contributed by atoms with Crippen molar-refractivity contribution >= 4 is 5.91 Å². The van der Waals surface area contributed by atoms with Gasteiger partial charge in [-0.3, -0.25) is 4.79 Å². The highest BCUT2D eigenvalue weighted by atomic mass is 16.1. The van der Waals surface area contributed by atoms with Gasteiger partial charge in [-0.15, -0.1) is 0 Å². The van der Waals surface area contributed by atoms with Crippen molar-refractivity contribution in [2.24, 2.45) is 11.1 Å². The Bertz CT molecular complexity index is 276. The number of amides is 1. The van der Waals surface area contributed by atoms with Gasteiger partial charge in [0.15, 0.2) is 0 Å². The summed E-state index contributed by atoms with van der Waals surface area (Å²) >= 11 is 0. The fraction of sp³-hybridized carbons (Fsp3) is 0.929. The molecule has 18 heavy (non-hydrogen) atoms. The van der Waals surface area contributed by atoms with Gasteiger partial charge in [-0.2, -0.15) is 0 Å². The maximum absolute atomic E-state index is 11.7. The van der Waals surface area contributed by atoms with E-state index in [9.17, 15) is 4.79 Å². The summed E-state index contributed by atoms with van der Waals surface area (Å²) in [5.41, 5.74) is 6.18. The van der Waals surface area contributed by atoms with E-state index in [0.29, 0.717) is 24.4 Å². The van der Waals surface area contributed by atoms with E-state index in [0.717, 1.165) is 0 Å². The topological polar surface area (TPSA) is 67.2 Å². The summed E-state index contributed by atoms with van der Waals surface area (Å²) < 4.78 is 0. The standard InChI is InChI=1S/C14H29N3O/c1-10(2)16-13(18)7-12(9-15)17-11-5-6-14(3,4)8-11/h10-12,17H,5-9,15H2,1-4H3,(H,16,18). The van der Waals surface area contributed by atoms with Crippen LogP contribution < -0.4 is 16.4 Å². The second-order valence-corrected chi connectivity index (χ2v) is 6.63. The summed E-state index contributed by atoms with van der Waals surface area (Å²) in [6, 6.07) is 0.810. The average Bonchev–Trinajstić information content (AvgIpc) is 2.55. The monoisotopic (exact) mass is 255 g/mol. The molecule has 1 aliphatic rings. The minimum absolute atomic E-state index is 0.0882. The minimum Gasteiger partial charge on any atom is -0.354 e. The third-order valence-corrected chi connectivity index (χ3v) is 3.61. The number of carbonyl (C=O) groups is 1. The largest absolute Gasteiger partial charge is 0.354 e. The van der Waals surface area contributed by atoms with Crippen LogP contribution in [-0.4, -0.2) is 30.6 Å². The van der Waals surface area contributed by atoms with Crippen LogP contribution in [0.3, 0.4) is 0 Å². The van der Waals surface area contributed by atoms with E-state index in [-0.39, 0.29) is 18.0 Å². The van der Waals surface area contributed by atoms with Crippen molar-refractivity contribution in [3.63, 3.8) is 0 Å². The molecule has 1 saturated carbocycles. The van der Waals surface area contributed by atoms with Crippen LogP contribution in [0.25, 0.3) is 0 Å². The molecule has 4 N–H and O–H groups in total. The van der Waals surface area contributed by atoms with Crippen LogP contribution in [0.2, 0.25) is 0 Å². The molecule has 0 bridgehead atoms. The van der Waals surface area contributed by atoms with Gasteiger partial charge in [-0.1, -0.05) is 13.8 Å². The first-order chi connectivity index (χ1) is 8.32. The maximum atomic E-state index is 11.7. The van der Waals surface area contributed by atoms with Crippen molar-refractivity contribution in [2.45, 2.75) is 71.5 Å². The summed E-state index contributed by atoms with van der Waals surface area (Å²) in [5, 5.41) is 6.45. The summed E-state index contributed by atoms with van der Waals surface area (Å²) in [5.74, 6) is 0.0882. The predicted octanol–water partition coefficient (Wildman–Crippen LogP) is 1.40. The van der Waals surface area contributed by atoms with Crippen molar-refractivity contribution < 1.29 is 4.79 Å². The van der Waals surface area contributed by atoms with E-state index in [4.69, 9.17) is 5.73 Å². The lowest BCUT2D eigenvalue weighted by atomic mass is 9.92. The van der Waals surface area contributed by atoms with Crippen LogP contribution in [0.15, 0.2) is 0 Å². The number of nitrogens with two attached hydrogens (primary N) is 1. The molecule has 1 aliphatic carbocycles. The van der Waals surface area contributed by atoms with E-state index in [1.54, 1.807) is 0 Å². The van der Waals surface area contributed by atoms with Gasteiger partial charge in [0.25, 0.3) is 0 Å². The van der Waals surface area contributed by atoms with Gasteiger partial charge in [-0.05, 0) is 38.5 Å². The summed E-state index contributed by atoms with van der Waals surface area (Å²) in [6.07, 6.45) is 4.09. The van der Waals surface area contributed by atoms with Crippen molar-refractivity contribution in [1.29, 1.82) is 0 Å². The number of hydrogen-bond donors (Lipinski definition) is 3. The molecule has 4 nitrogen and oxygen atoms in total. The lowest BCUT2D eigenvalue weighted by molar-refractivity contribution is -0.122. The molecule has 106 valence electrons. The van der Waals surface area contributed by atoms with Gasteiger partial charge < -0.3 is 16.4 Å². The van der Waals surface area contributed by atoms with E-state index >= 15 is 0 Å². The molecule has 0 saturated heterocycles. The Morgan fingerprint density at radius 2 is 2.11 bits per heavy atom. The zero-order chi connectivity index (χ0) is 13.8. The smallest absolute Gasteiger partial charge is 0.221 e. The number of rotatable bonds is 6. The Kier molecular flexibility index (Phi) is 5.60. The Hall–Kier alpha value is -0.610. The summed E-state index contributed by atoms with van der Waals surface area (Å²) in [4.78, 5) is 11.7. The summed E-state index contributed by atoms with van der Waals surface area (Å²) in [6.45, 7) is 9.07. The predicted molar refractivity (Wildman–Crippen MR) is 75.3 cm³/mol. The van der Waals surface area contributed by atoms with Gasteiger partial charge in [0.1, 0.15) is 0 Å².